The van der Waals surface area contributed by atoms with Gasteiger partial charge >= 0.3 is 0 Å². The average Bonchev–Trinajstić information content (AvgIpc) is 3.45. The minimum atomic E-state index is 0.116. The molecule has 5 rings (SSSR count). The summed E-state index contributed by atoms with van der Waals surface area (Å²) in [7, 11) is 0. The molecule has 0 N–H and O–H groups in total. The van der Waals surface area contributed by atoms with Crippen LogP contribution in [0, 0.1) is 0 Å². The number of aromatic nitrogens is 3. The van der Waals surface area contributed by atoms with E-state index in [-0.39, 0.29) is 11.8 Å². The van der Waals surface area contributed by atoms with Crippen LogP contribution in [0.3, 0.4) is 0 Å². The highest BCUT2D eigenvalue weighted by atomic mass is 16.4. The van der Waals surface area contributed by atoms with Gasteiger partial charge < -0.3 is 13.7 Å². The largest absolute Gasteiger partial charge is 0.440 e. The van der Waals surface area contributed by atoms with Gasteiger partial charge in [0.2, 0.25) is 17.7 Å². The number of hydrogen-bond acceptors (Lipinski definition) is 6. The average molecular weight is 402 g/mol. The van der Waals surface area contributed by atoms with Gasteiger partial charge in [0.25, 0.3) is 0 Å². The van der Waals surface area contributed by atoms with Gasteiger partial charge in [-0.3, -0.25) is 4.79 Å². The van der Waals surface area contributed by atoms with Crippen molar-refractivity contribution in [3.63, 3.8) is 0 Å². The molecule has 7 nitrogen and oxygen atoms in total. The minimum absolute atomic E-state index is 0.116. The zero-order chi connectivity index (χ0) is 20.3. The summed E-state index contributed by atoms with van der Waals surface area (Å²) in [5.74, 6) is 2.12. The molecule has 0 spiro atoms. The van der Waals surface area contributed by atoms with Crippen LogP contribution in [0.4, 0.5) is 0 Å². The molecule has 0 bridgehead atoms. The second-order valence-electron chi connectivity index (χ2n) is 7.54. The minimum Gasteiger partial charge on any atom is -0.440 e. The lowest BCUT2D eigenvalue weighted by atomic mass is 9.96. The zero-order valence-corrected chi connectivity index (χ0v) is 16.5. The summed E-state index contributed by atoms with van der Waals surface area (Å²) in [5.41, 5.74) is 2.59. The van der Waals surface area contributed by atoms with Crippen molar-refractivity contribution >= 4 is 17.0 Å². The monoisotopic (exact) mass is 402 g/mol. The van der Waals surface area contributed by atoms with Crippen LogP contribution in [0.5, 0.6) is 0 Å². The summed E-state index contributed by atoms with van der Waals surface area (Å²) < 4.78 is 11.6. The maximum absolute atomic E-state index is 12.6. The van der Waals surface area contributed by atoms with E-state index in [4.69, 9.17) is 8.83 Å². The molecule has 2 aromatic heterocycles. The molecule has 0 radical (unpaired) electrons. The summed E-state index contributed by atoms with van der Waals surface area (Å²) in [6.07, 6.45) is 2.53. The lowest BCUT2D eigenvalue weighted by molar-refractivity contribution is -0.132. The van der Waals surface area contributed by atoms with Gasteiger partial charge in [-0.2, -0.15) is 0 Å². The number of fused-ring (bicyclic) bond motifs is 1. The van der Waals surface area contributed by atoms with Gasteiger partial charge in [-0.1, -0.05) is 30.3 Å². The fourth-order valence-corrected chi connectivity index (χ4v) is 3.86. The predicted octanol–water partition coefficient (Wildman–Crippen LogP) is 4.22. The van der Waals surface area contributed by atoms with Crippen LogP contribution >= 0.6 is 0 Å². The number of para-hydroxylation sites is 2. The van der Waals surface area contributed by atoms with E-state index in [0.29, 0.717) is 37.7 Å². The normalized spacial score (nSPS) is 15.0. The molecule has 3 heterocycles. The number of oxazole rings is 1. The third kappa shape index (κ3) is 3.83. The van der Waals surface area contributed by atoms with Crippen molar-refractivity contribution in [2.24, 2.45) is 0 Å². The maximum Gasteiger partial charge on any atom is 0.247 e. The van der Waals surface area contributed by atoms with E-state index in [1.165, 1.54) is 0 Å². The first-order chi connectivity index (χ1) is 14.8. The number of aryl methyl sites for hydroxylation is 1. The quantitative estimate of drug-likeness (QED) is 0.497. The van der Waals surface area contributed by atoms with E-state index >= 15 is 0 Å². The zero-order valence-electron chi connectivity index (χ0n) is 16.5. The van der Waals surface area contributed by atoms with E-state index in [0.717, 1.165) is 35.4 Å². The highest BCUT2D eigenvalue weighted by molar-refractivity contribution is 5.76. The van der Waals surface area contributed by atoms with E-state index in [2.05, 4.69) is 15.2 Å². The van der Waals surface area contributed by atoms with Crippen molar-refractivity contribution in [1.82, 2.24) is 20.1 Å². The van der Waals surface area contributed by atoms with Crippen LogP contribution < -0.4 is 0 Å². The number of carbonyl (C=O) groups is 1. The molecule has 152 valence electrons. The van der Waals surface area contributed by atoms with Crippen molar-refractivity contribution in [3.8, 4) is 11.5 Å². The van der Waals surface area contributed by atoms with Crippen molar-refractivity contribution in [2.75, 3.05) is 13.1 Å². The molecule has 1 aliphatic heterocycles. The molecule has 0 aliphatic carbocycles. The third-order valence-corrected chi connectivity index (χ3v) is 5.55. The summed E-state index contributed by atoms with van der Waals surface area (Å²) in [5, 5.41) is 8.15. The van der Waals surface area contributed by atoms with Crippen LogP contribution in [0.15, 0.2) is 63.4 Å². The van der Waals surface area contributed by atoms with Gasteiger partial charge in [0, 0.05) is 37.4 Å². The van der Waals surface area contributed by atoms with Crippen LogP contribution in [0.25, 0.3) is 22.6 Å². The smallest absolute Gasteiger partial charge is 0.247 e. The molecule has 2 aromatic carbocycles. The van der Waals surface area contributed by atoms with Gasteiger partial charge in [0.1, 0.15) is 5.52 Å². The summed E-state index contributed by atoms with van der Waals surface area (Å²) in [6, 6.07) is 17.4. The Morgan fingerprint density at radius 2 is 1.73 bits per heavy atom. The summed E-state index contributed by atoms with van der Waals surface area (Å²) in [6.45, 7) is 1.42. The second-order valence-corrected chi connectivity index (χ2v) is 7.54. The highest BCUT2D eigenvalue weighted by Crippen LogP contribution is 2.30. The highest BCUT2D eigenvalue weighted by Gasteiger charge is 2.27. The number of piperidine rings is 1. The van der Waals surface area contributed by atoms with E-state index < -0.39 is 0 Å². The van der Waals surface area contributed by atoms with Crippen molar-refractivity contribution in [1.29, 1.82) is 0 Å². The van der Waals surface area contributed by atoms with Gasteiger partial charge in [-0.15, -0.1) is 10.2 Å². The Hall–Kier alpha value is -3.48. The number of carbonyl (C=O) groups excluding carboxylic acids is 1. The molecule has 0 atom stereocenters. The number of nitrogens with zero attached hydrogens (tertiary/aromatic N) is 4. The molecule has 1 amide bonds. The van der Waals surface area contributed by atoms with Gasteiger partial charge in [0.05, 0.1) is 0 Å². The fraction of sp³-hybridized carbons (Fsp3) is 0.304. The van der Waals surface area contributed by atoms with Crippen molar-refractivity contribution in [2.45, 2.75) is 31.6 Å². The number of rotatable bonds is 5. The number of likely N-dealkylation sites (tertiary alicyclic amines) is 1. The lowest BCUT2D eigenvalue weighted by Gasteiger charge is -2.30. The first-order valence-corrected chi connectivity index (χ1v) is 10.3. The molecule has 4 aromatic rings. The Balaban J connectivity index is 1.14. The Labute approximate surface area is 173 Å². The molecule has 0 saturated carbocycles. The van der Waals surface area contributed by atoms with Crippen molar-refractivity contribution < 1.29 is 13.6 Å². The van der Waals surface area contributed by atoms with Gasteiger partial charge in [-0.25, -0.2) is 4.98 Å². The Kier molecular flexibility index (Phi) is 5.01. The SMILES string of the molecule is O=C(CCc1nnc(-c2ccccc2)o1)N1CCC(c2nc3ccccc3o2)CC1. The lowest BCUT2D eigenvalue weighted by Crippen LogP contribution is -2.38. The molecule has 1 saturated heterocycles. The third-order valence-electron chi connectivity index (χ3n) is 5.55. The Morgan fingerprint density at radius 3 is 2.53 bits per heavy atom. The fourth-order valence-electron chi connectivity index (χ4n) is 3.86. The predicted molar refractivity (Wildman–Crippen MR) is 111 cm³/mol. The van der Waals surface area contributed by atoms with Crippen molar-refractivity contribution in [3.05, 3.63) is 66.4 Å². The number of benzene rings is 2. The van der Waals surface area contributed by atoms with Crippen LogP contribution in [0.1, 0.15) is 37.0 Å². The summed E-state index contributed by atoms with van der Waals surface area (Å²) >= 11 is 0. The van der Waals surface area contributed by atoms with E-state index in [9.17, 15) is 4.79 Å². The Bertz CT molecular complexity index is 1110. The van der Waals surface area contributed by atoms with Crippen LogP contribution in [-0.4, -0.2) is 39.1 Å². The first kappa shape index (κ1) is 18.5. The number of hydrogen-bond donors (Lipinski definition) is 0. The molecular formula is C23H22N4O3. The molecule has 0 unspecified atom stereocenters. The molecular weight excluding hydrogens is 380 g/mol. The molecule has 1 aliphatic rings. The Morgan fingerprint density at radius 1 is 0.967 bits per heavy atom. The number of amides is 1. The van der Waals surface area contributed by atoms with Crippen LogP contribution in [0.2, 0.25) is 0 Å². The topological polar surface area (TPSA) is 85.3 Å². The van der Waals surface area contributed by atoms with Gasteiger partial charge in [-0.05, 0) is 37.1 Å². The van der Waals surface area contributed by atoms with Crippen LogP contribution in [-0.2, 0) is 11.2 Å². The molecule has 30 heavy (non-hydrogen) atoms. The molecule has 1 fully saturated rings. The van der Waals surface area contributed by atoms with E-state index in [1.54, 1.807) is 0 Å². The van der Waals surface area contributed by atoms with E-state index in [1.807, 2.05) is 59.5 Å². The standard InChI is InChI=1S/C23H22N4O3/c28-21(11-10-20-25-26-23(30-20)16-6-2-1-3-7-16)27-14-12-17(13-15-27)22-24-18-8-4-5-9-19(18)29-22/h1-9,17H,10-15H2. The summed E-state index contributed by atoms with van der Waals surface area (Å²) in [4.78, 5) is 19.2. The first-order valence-electron chi connectivity index (χ1n) is 10.3. The molecule has 7 heteroatoms. The maximum atomic E-state index is 12.6. The second kappa shape index (κ2) is 8.10. The van der Waals surface area contributed by atoms with Gasteiger partial charge in [0.15, 0.2) is 11.5 Å².